The Labute approximate surface area is 115 Å². The molecule has 1 heterocycles. The van der Waals surface area contributed by atoms with Crippen LogP contribution in [0, 0.1) is 0 Å². The highest BCUT2D eigenvalue weighted by molar-refractivity contribution is 5.69. The molecular formula is C14H25NO4. The van der Waals surface area contributed by atoms with E-state index in [9.17, 15) is 9.90 Å². The number of carbonyl (C=O) groups is 1. The molecule has 0 bridgehead atoms. The van der Waals surface area contributed by atoms with Gasteiger partial charge in [0, 0.05) is 0 Å². The number of aliphatic hydroxyl groups is 1. The van der Waals surface area contributed by atoms with Crippen LogP contribution in [0.2, 0.25) is 0 Å². The van der Waals surface area contributed by atoms with Crippen molar-refractivity contribution in [1.29, 1.82) is 0 Å². The molecule has 0 aromatic rings. The lowest BCUT2D eigenvalue weighted by Crippen LogP contribution is -2.53. The van der Waals surface area contributed by atoms with Gasteiger partial charge in [0.25, 0.3) is 0 Å². The molecule has 1 amide bonds. The van der Waals surface area contributed by atoms with Crippen molar-refractivity contribution in [1.82, 2.24) is 4.90 Å². The molecule has 0 unspecified atom stereocenters. The van der Waals surface area contributed by atoms with E-state index in [-0.39, 0.29) is 0 Å². The fraction of sp³-hybridized carbons (Fsp3) is 0.786. The summed E-state index contributed by atoms with van der Waals surface area (Å²) < 4.78 is 11.0. The Morgan fingerprint density at radius 1 is 1.63 bits per heavy atom. The van der Waals surface area contributed by atoms with Crippen LogP contribution in [0.25, 0.3) is 0 Å². The van der Waals surface area contributed by atoms with Gasteiger partial charge in [-0.15, -0.1) is 6.58 Å². The van der Waals surface area contributed by atoms with Crippen LogP contribution in [0.5, 0.6) is 0 Å². The summed E-state index contributed by atoms with van der Waals surface area (Å²) in [4.78, 5) is 13.8. The number of carbonyl (C=O) groups excluding carboxylic acids is 1. The van der Waals surface area contributed by atoms with Gasteiger partial charge in [-0.05, 0) is 41.0 Å². The molecule has 0 aliphatic carbocycles. The molecule has 1 aliphatic heterocycles. The molecular weight excluding hydrogens is 246 g/mol. The van der Waals surface area contributed by atoms with Gasteiger partial charge in [0.15, 0.2) is 0 Å². The molecule has 2 atom stereocenters. The van der Waals surface area contributed by atoms with Gasteiger partial charge < -0.3 is 14.6 Å². The number of nitrogens with zero attached hydrogens (tertiary/aromatic N) is 1. The fourth-order valence-electron chi connectivity index (χ4n) is 2.11. The van der Waals surface area contributed by atoms with Crippen LogP contribution >= 0.6 is 0 Å². The third-order valence-corrected chi connectivity index (χ3v) is 2.96. The van der Waals surface area contributed by atoms with Crippen LogP contribution < -0.4 is 0 Å². The first kappa shape index (κ1) is 16.0. The number of rotatable bonds is 3. The summed E-state index contributed by atoms with van der Waals surface area (Å²) in [5.74, 6) is 0. The summed E-state index contributed by atoms with van der Waals surface area (Å²) in [7, 11) is 0. The van der Waals surface area contributed by atoms with E-state index in [0.29, 0.717) is 13.0 Å². The Morgan fingerprint density at radius 2 is 2.21 bits per heavy atom. The lowest BCUT2D eigenvalue weighted by atomic mass is 10.1. The van der Waals surface area contributed by atoms with Gasteiger partial charge >= 0.3 is 6.09 Å². The molecule has 1 N–H and O–H groups in total. The third kappa shape index (κ3) is 3.94. The Kier molecular flexibility index (Phi) is 4.63. The number of amides is 1. The van der Waals surface area contributed by atoms with Crippen molar-refractivity contribution in [2.75, 3.05) is 6.61 Å². The van der Waals surface area contributed by atoms with E-state index in [1.54, 1.807) is 19.9 Å². The van der Waals surface area contributed by atoms with Gasteiger partial charge in [-0.1, -0.05) is 6.08 Å². The summed E-state index contributed by atoms with van der Waals surface area (Å²) in [6.45, 7) is 12.9. The van der Waals surface area contributed by atoms with Crippen LogP contribution in [0.4, 0.5) is 4.79 Å². The molecule has 1 rings (SSSR count). The average molecular weight is 271 g/mol. The summed E-state index contributed by atoms with van der Waals surface area (Å²) in [5.41, 5.74) is -1.36. The standard InChI is InChI=1S/C14H25NO4/c1-7-8-11(16)10-9-18-14(5,6)15(10)12(17)19-13(2,3)4/h7,10-11,16H,1,8-9H2,2-6H3/t10-,11-/m0/s1. The molecule has 0 aromatic carbocycles. The smallest absolute Gasteiger partial charge is 0.412 e. The zero-order valence-corrected chi connectivity index (χ0v) is 12.5. The number of ether oxygens (including phenoxy) is 2. The lowest BCUT2D eigenvalue weighted by molar-refractivity contribution is -0.0676. The molecule has 1 aliphatic rings. The molecule has 0 saturated carbocycles. The van der Waals surface area contributed by atoms with Crippen molar-refractivity contribution in [2.24, 2.45) is 0 Å². The van der Waals surface area contributed by atoms with Crippen molar-refractivity contribution in [3.05, 3.63) is 12.7 Å². The van der Waals surface area contributed by atoms with Crippen LogP contribution in [-0.2, 0) is 9.47 Å². The quantitative estimate of drug-likeness (QED) is 0.800. The van der Waals surface area contributed by atoms with Gasteiger partial charge in [0.05, 0.1) is 18.8 Å². The topological polar surface area (TPSA) is 59.0 Å². The van der Waals surface area contributed by atoms with Crippen molar-refractivity contribution in [2.45, 2.75) is 64.5 Å². The highest BCUT2D eigenvalue weighted by Crippen LogP contribution is 2.31. The van der Waals surface area contributed by atoms with Crippen LogP contribution in [0.15, 0.2) is 12.7 Å². The molecule has 5 heteroatoms. The normalized spacial score (nSPS) is 24.1. The van der Waals surface area contributed by atoms with E-state index >= 15 is 0 Å². The molecule has 19 heavy (non-hydrogen) atoms. The van der Waals surface area contributed by atoms with E-state index < -0.39 is 29.6 Å². The van der Waals surface area contributed by atoms with Crippen LogP contribution in [-0.4, -0.2) is 46.2 Å². The second kappa shape index (κ2) is 5.51. The zero-order valence-electron chi connectivity index (χ0n) is 12.5. The van der Waals surface area contributed by atoms with Gasteiger partial charge in [0.1, 0.15) is 11.3 Å². The van der Waals surface area contributed by atoms with E-state index in [0.717, 1.165) is 0 Å². The monoisotopic (exact) mass is 271 g/mol. The van der Waals surface area contributed by atoms with E-state index in [4.69, 9.17) is 9.47 Å². The second-order valence-electron chi connectivity index (χ2n) is 6.27. The van der Waals surface area contributed by atoms with Crippen molar-refractivity contribution >= 4 is 6.09 Å². The summed E-state index contributed by atoms with van der Waals surface area (Å²) in [6, 6.07) is -0.414. The maximum Gasteiger partial charge on any atom is 0.412 e. The molecule has 0 aromatic heterocycles. The Morgan fingerprint density at radius 3 is 2.68 bits per heavy atom. The van der Waals surface area contributed by atoms with Crippen molar-refractivity contribution < 1.29 is 19.4 Å². The minimum absolute atomic E-state index is 0.293. The van der Waals surface area contributed by atoms with E-state index in [2.05, 4.69) is 6.58 Å². The van der Waals surface area contributed by atoms with Crippen LogP contribution in [0.3, 0.4) is 0 Å². The first-order chi connectivity index (χ1) is 8.58. The Balaban J connectivity index is 2.89. The maximum atomic E-state index is 12.3. The van der Waals surface area contributed by atoms with Crippen molar-refractivity contribution in [3.63, 3.8) is 0 Å². The van der Waals surface area contributed by atoms with Gasteiger partial charge in [-0.3, -0.25) is 4.90 Å². The van der Waals surface area contributed by atoms with E-state index in [1.165, 1.54) is 4.90 Å². The maximum absolute atomic E-state index is 12.3. The third-order valence-electron chi connectivity index (χ3n) is 2.96. The molecule has 110 valence electrons. The first-order valence-electron chi connectivity index (χ1n) is 6.54. The minimum atomic E-state index is -0.783. The van der Waals surface area contributed by atoms with E-state index in [1.807, 2.05) is 20.8 Å². The predicted octanol–water partition coefficient (Wildman–Crippen LogP) is 2.30. The molecule has 1 saturated heterocycles. The summed E-state index contributed by atoms with van der Waals surface area (Å²) >= 11 is 0. The van der Waals surface area contributed by atoms with Gasteiger partial charge in [-0.25, -0.2) is 4.79 Å². The van der Waals surface area contributed by atoms with Gasteiger partial charge in [-0.2, -0.15) is 0 Å². The summed E-state index contributed by atoms with van der Waals surface area (Å²) in [5, 5.41) is 10.1. The Bertz CT molecular complexity index is 346. The SMILES string of the molecule is C=CC[C@H](O)[C@@H]1COC(C)(C)N1C(=O)OC(C)(C)C. The molecule has 0 radical (unpaired) electrons. The minimum Gasteiger partial charge on any atom is -0.444 e. The summed E-state index contributed by atoms with van der Waals surface area (Å²) in [6.07, 6.45) is 0.863. The first-order valence-corrected chi connectivity index (χ1v) is 6.54. The highest BCUT2D eigenvalue weighted by atomic mass is 16.6. The zero-order chi connectivity index (χ0) is 14.8. The number of aliphatic hydroxyl groups excluding tert-OH is 1. The van der Waals surface area contributed by atoms with Crippen molar-refractivity contribution in [3.8, 4) is 0 Å². The fourth-order valence-corrected chi connectivity index (χ4v) is 2.11. The Hall–Kier alpha value is -1.07. The van der Waals surface area contributed by atoms with Gasteiger partial charge in [0.2, 0.25) is 0 Å². The highest BCUT2D eigenvalue weighted by Gasteiger charge is 2.47. The average Bonchev–Trinajstić information content (AvgIpc) is 2.51. The van der Waals surface area contributed by atoms with Crippen LogP contribution in [0.1, 0.15) is 41.0 Å². The molecule has 0 spiro atoms. The largest absolute Gasteiger partial charge is 0.444 e. The molecule has 1 fully saturated rings. The number of hydrogen-bond acceptors (Lipinski definition) is 4. The number of hydrogen-bond donors (Lipinski definition) is 1. The lowest BCUT2D eigenvalue weighted by Gasteiger charge is -2.36. The predicted molar refractivity (Wildman–Crippen MR) is 72.7 cm³/mol. The second-order valence-corrected chi connectivity index (χ2v) is 6.27. The molecule has 5 nitrogen and oxygen atoms in total.